The maximum Gasteiger partial charge on any atom is 0.0218 e. The van der Waals surface area contributed by atoms with E-state index in [0.29, 0.717) is 12.1 Å². The first-order chi connectivity index (χ1) is 5.65. The van der Waals surface area contributed by atoms with Gasteiger partial charge in [0.2, 0.25) is 0 Å². The highest BCUT2D eigenvalue weighted by atomic mass is 15.2. The standard InChI is InChI=1S/C10H22N2/c1-8(2)12-6-5-9(3)10(7-12)11-4/h8-11H,5-7H2,1-4H3. The molecule has 0 aromatic rings. The van der Waals surface area contributed by atoms with E-state index in [2.05, 4.69) is 38.0 Å². The molecule has 2 atom stereocenters. The lowest BCUT2D eigenvalue weighted by Gasteiger charge is -2.39. The molecule has 1 aliphatic rings. The largest absolute Gasteiger partial charge is 0.315 e. The van der Waals surface area contributed by atoms with Crippen molar-refractivity contribution in [3.8, 4) is 0 Å². The van der Waals surface area contributed by atoms with Crippen molar-refractivity contribution in [3.05, 3.63) is 0 Å². The number of hydrogen-bond donors (Lipinski definition) is 1. The molecule has 12 heavy (non-hydrogen) atoms. The minimum absolute atomic E-state index is 0.696. The molecule has 0 radical (unpaired) electrons. The molecule has 72 valence electrons. The summed E-state index contributed by atoms with van der Waals surface area (Å²) in [6.45, 7) is 9.40. The van der Waals surface area contributed by atoms with E-state index in [4.69, 9.17) is 0 Å². The van der Waals surface area contributed by atoms with E-state index < -0.39 is 0 Å². The van der Waals surface area contributed by atoms with Crippen LogP contribution in [0.4, 0.5) is 0 Å². The quantitative estimate of drug-likeness (QED) is 0.672. The highest BCUT2D eigenvalue weighted by molar-refractivity contribution is 4.83. The van der Waals surface area contributed by atoms with Gasteiger partial charge in [-0.15, -0.1) is 0 Å². The van der Waals surface area contributed by atoms with Gasteiger partial charge in [0.1, 0.15) is 0 Å². The van der Waals surface area contributed by atoms with Gasteiger partial charge in [-0.3, -0.25) is 4.90 Å². The molecule has 0 spiro atoms. The molecule has 2 nitrogen and oxygen atoms in total. The minimum atomic E-state index is 0.696. The summed E-state index contributed by atoms with van der Waals surface area (Å²) in [5.74, 6) is 0.838. The fourth-order valence-corrected chi connectivity index (χ4v) is 1.94. The normalized spacial score (nSPS) is 32.8. The Balaban J connectivity index is 2.44. The van der Waals surface area contributed by atoms with Crippen LogP contribution in [-0.2, 0) is 0 Å². The smallest absolute Gasteiger partial charge is 0.0218 e. The lowest BCUT2D eigenvalue weighted by atomic mass is 9.93. The van der Waals surface area contributed by atoms with Crippen molar-refractivity contribution in [2.75, 3.05) is 20.1 Å². The van der Waals surface area contributed by atoms with Gasteiger partial charge in [0, 0.05) is 18.6 Å². The van der Waals surface area contributed by atoms with Crippen LogP contribution in [0.25, 0.3) is 0 Å². The molecule has 0 bridgehead atoms. The number of nitrogens with zero attached hydrogens (tertiary/aromatic N) is 1. The summed E-state index contributed by atoms with van der Waals surface area (Å²) in [6.07, 6.45) is 1.34. The van der Waals surface area contributed by atoms with Crippen molar-refractivity contribution < 1.29 is 0 Å². The maximum atomic E-state index is 3.40. The van der Waals surface area contributed by atoms with E-state index in [9.17, 15) is 0 Å². The molecule has 0 aromatic heterocycles. The number of likely N-dealkylation sites (N-methyl/N-ethyl adjacent to an activating group) is 1. The Morgan fingerprint density at radius 3 is 2.58 bits per heavy atom. The Bertz CT molecular complexity index is 134. The second kappa shape index (κ2) is 4.24. The molecular weight excluding hydrogens is 148 g/mol. The summed E-state index contributed by atoms with van der Waals surface area (Å²) >= 11 is 0. The highest BCUT2D eigenvalue weighted by Crippen LogP contribution is 2.18. The van der Waals surface area contributed by atoms with Crippen molar-refractivity contribution in [2.45, 2.75) is 39.3 Å². The Labute approximate surface area is 76.3 Å². The van der Waals surface area contributed by atoms with Crippen molar-refractivity contribution in [1.82, 2.24) is 10.2 Å². The van der Waals surface area contributed by atoms with Gasteiger partial charge in [0.15, 0.2) is 0 Å². The molecule has 1 rings (SSSR count). The minimum Gasteiger partial charge on any atom is -0.315 e. The Hall–Kier alpha value is -0.0800. The lowest BCUT2D eigenvalue weighted by Crippen LogP contribution is -2.51. The molecule has 0 aromatic carbocycles. The molecule has 0 saturated carbocycles. The van der Waals surface area contributed by atoms with E-state index >= 15 is 0 Å². The second-order valence-electron chi connectivity index (χ2n) is 4.25. The van der Waals surface area contributed by atoms with Crippen LogP contribution in [0.2, 0.25) is 0 Å². The van der Waals surface area contributed by atoms with Gasteiger partial charge in [-0.1, -0.05) is 6.92 Å². The Morgan fingerprint density at radius 1 is 1.42 bits per heavy atom. The van der Waals surface area contributed by atoms with Crippen LogP contribution < -0.4 is 5.32 Å². The van der Waals surface area contributed by atoms with Crippen molar-refractivity contribution in [2.24, 2.45) is 5.92 Å². The van der Waals surface area contributed by atoms with Gasteiger partial charge in [-0.05, 0) is 39.8 Å². The summed E-state index contributed by atoms with van der Waals surface area (Å²) in [7, 11) is 2.07. The zero-order valence-electron chi connectivity index (χ0n) is 8.80. The van der Waals surface area contributed by atoms with Gasteiger partial charge in [-0.2, -0.15) is 0 Å². The Kier molecular flexibility index (Phi) is 3.53. The number of hydrogen-bond acceptors (Lipinski definition) is 2. The first kappa shape index (κ1) is 10.0. The summed E-state index contributed by atoms with van der Waals surface area (Å²) in [5.41, 5.74) is 0. The van der Waals surface area contributed by atoms with Crippen LogP contribution in [-0.4, -0.2) is 37.1 Å². The molecular formula is C10H22N2. The molecule has 1 N–H and O–H groups in total. The van der Waals surface area contributed by atoms with E-state index in [-0.39, 0.29) is 0 Å². The fourth-order valence-electron chi connectivity index (χ4n) is 1.94. The Morgan fingerprint density at radius 2 is 2.08 bits per heavy atom. The lowest BCUT2D eigenvalue weighted by molar-refractivity contribution is 0.123. The number of likely N-dealkylation sites (tertiary alicyclic amines) is 1. The van der Waals surface area contributed by atoms with Crippen LogP contribution in [0.15, 0.2) is 0 Å². The third-order valence-corrected chi connectivity index (χ3v) is 3.09. The van der Waals surface area contributed by atoms with Gasteiger partial charge in [-0.25, -0.2) is 0 Å². The zero-order chi connectivity index (χ0) is 9.14. The molecule has 0 amide bonds. The third kappa shape index (κ3) is 2.20. The molecule has 0 aliphatic carbocycles. The average molecular weight is 170 g/mol. The van der Waals surface area contributed by atoms with E-state index in [0.717, 1.165) is 5.92 Å². The monoisotopic (exact) mass is 170 g/mol. The summed E-state index contributed by atoms with van der Waals surface area (Å²) < 4.78 is 0. The molecule has 1 fully saturated rings. The first-order valence-electron chi connectivity index (χ1n) is 5.06. The SMILES string of the molecule is CNC1CN(C(C)C)CCC1C. The average Bonchev–Trinajstić information content (AvgIpc) is 2.05. The van der Waals surface area contributed by atoms with E-state index in [1.807, 2.05) is 0 Å². The third-order valence-electron chi connectivity index (χ3n) is 3.09. The van der Waals surface area contributed by atoms with E-state index in [1.54, 1.807) is 0 Å². The first-order valence-corrected chi connectivity index (χ1v) is 5.06. The molecule has 1 heterocycles. The van der Waals surface area contributed by atoms with Crippen molar-refractivity contribution in [3.63, 3.8) is 0 Å². The number of nitrogens with one attached hydrogen (secondary N) is 1. The summed E-state index contributed by atoms with van der Waals surface area (Å²) in [5, 5.41) is 3.40. The van der Waals surface area contributed by atoms with Crippen LogP contribution >= 0.6 is 0 Å². The fraction of sp³-hybridized carbons (Fsp3) is 1.00. The molecule has 1 aliphatic heterocycles. The van der Waals surface area contributed by atoms with Gasteiger partial charge < -0.3 is 5.32 Å². The summed E-state index contributed by atoms with van der Waals surface area (Å²) in [6, 6.07) is 1.40. The van der Waals surface area contributed by atoms with E-state index in [1.165, 1.54) is 19.5 Å². The topological polar surface area (TPSA) is 15.3 Å². The predicted molar refractivity (Wildman–Crippen MR) is 53.3 cm³/mol. The second-order valence-corrected chi connectivity index (χ2v) is 4.25. The van der Waals surface area contributed by atoms with Crippen LogP contribution in [0.1, 0.15) is 27.2 Å². The van der Waals surface area contributed by atoms with Gasteiger partial charge >= 0.3 is 0 Å². The summed E-state index contributed by atoms with van der Waals surface area (Å²) in [4.78, 5) is 2.56. The van der Waals surface area contributed by atoms with Crippen molar-refractivity contribution in [1.29, 1.82) is 0 Å². The zero-order valence-corrected chi connectivity index (χ0v) is 8.80. The molecule has 1 saturated heterocycles. The van der Waals surface area contributed by atoms with Crippen LogP contribution in [0.3, 0.4) is 0 Å². The van der Waals surface area contributed by atoms with Crippen LogP contribution in [0.5, 0.6) is 0 Å². The van der Waals surface area contributed by atoms with Crippen LogP contribution in [0, 0.1) is 5.92 Å². The molecule has 2 heteroatoms. The predicted octanol–water partition coefficient (Wildman–Crippen LogP) is 1.32. The number of rotatable bonds is 2. The highest BCUT2D eigenvalue weighted by Gasteiger charge is 2.25. The van der Waals surface area contributed by atoms with Crippen molar-refractivity contribution >= 4 is 0 Å². The van der Waals surface area contributed by atoms with Gasteiger partial charge in [0.05, 0.1) is 0 Å². The molecule has 2 unspecified atom stereocenters. The number of piperidine rings is 1. The van der Waals surface area contributed by atoms with Gasteiger partial charge in [0.25, 0.3) is 0 Å². The maximum absolute atomic E-state index is 3.40.